The van der Waals surface area contributed by atoms with E-state index < -0.39 is 18.0 Å². The number of morpholine rings is 1. The summed E-state index contributed by atoms with van der Waals surface area (Å²) in [5.74, 6) is -1.45. The molecular formula is C12H19N3O5. The number of ether oxygens (including phenoxy) is 1. The molecule has 0 aliphatic carbocycles. The highest BCUT2D eigenvalue weighted by atomic mass is 16.5. The predicted molar refractivity (Wildman–Crippen MR) is 68.1 cm³/mol. The molecule has 3 amide bonds. The molecule has 0 bridgehead atoms. The molecule has 0 aromatic carbocycles. The molecule has 0 aromatic rings. The number of hydrogen-bond donors (Lipinski definition) is 2. The van der Waals surface area contributed by atoms with Gasteiger partial charge in [0.25, 0.3) is 0 Å². The monoisotopic (exact) mass is 285 g/mol. The van der Waals surface area contributed by atoms with Gasteiger partial charge in [0, 0.05) is 19.6 Å². The zero-order chi connectivity index (χ0) is 14.7. The lowest BCUT2D eigenvalue weighted by atomic mass is 10.2. The molecule has 2 heterocycles. The first kappa shape index (κ1) is 14.6. The lowest BCUT2D eigenvalue weighted by Crippen LogP contribution is -2.63. The molecule has 20 heavy (non-hydrogen) atoms. The lowest BCUT2D eigenvalue weighted by molar-refractivity contribution is -0.144. The average Bonchev–Trinajstić information content (AvgIpc) is 2.46. The van der Waals surface area contributed by atoms with E-state index in [1.165, 1.54) is 0 Å². The van der Waals surface area contributed by atoms with Crippen molar-refractivity contribution in [3.63, 3.8) is 0 Å². The first-order valence-electron chi connectivity index (χ1n) is 6.69. The molecule has 8 heteroatoms. The van der Waals surface area contributed by atoms with Crippen molar-refractivity contribution in [1.82, 2.24) is 15.1 Å². The molecule has 2 unspecified atom stereocenters. The summed E-state index contributed by atoms with van der Waals surface area (Å²) >= 11 is 0. The van der Waals surface area contributed by atoms with Crippen LogP contribution in [0.25, 0.3) is 0 Å². The smallest absolute Gasteiger partial charge is 0.328 e. The fourth-order valence-corrected chi connectivity index (χ4v) is 2.38. The third-order valence-electron chi connectivity index (χ3n) is 3.58. The molecule has 2 atom stereocenters. The third kappa shape index (κ3) is 3.01. The highest BCUT2D eigenvalue weighted by molar-refractivity contribution is 5.90. The van der Waals surface area contributed by atoms with E-state index in [2.05, 4.69) is 5.32 Å². The highest BCUT2D eigenvalue weighted by Gasteiger charge is 2.38. The van der Waals surface area contributed by atoms with Gasteiger partial charge in [-0.3, -0.25) is 9.69 Å². The number of rotatable bonds is 2. The standard InChI is InChI=1S/C12H19N3O5/c1-2-8-6-14(3-4-20-8)12(19)15-7-10(16)13-5-9(15)11(17)18/h8-9H,2-7H2,1H3,(H,13,16)(H,17,18). The molecule has 2 aliphatic rings. The van der Waals surface area contributed by atoms with E-state index in [9.17, 15) is 14.4 Å². The van der Waals surface area contributed by atoms with Crippen molar-refractivity contribution < 1.29 is 24.2 Å². The average molecular weight is 285 g/mol. The van der Waals surface area contributed by atoms with Gasteiger partial charge in [0.1, 0.15) is 12.6 Å². The summed E-state index contributed by atoms with van der Waals surface area (Å²) in [6, 6.07) is -1.42. The van der Waals surface area contributed by atoms with E-state index in [1.807, 2.05) is 6.92 Å². The molecular weight excluding hydrogens is 266 g/mol. The Labute approximate surface area is 116 Å². The minimum absolute atomic E-state index is 0.0328. The second-order valence-electron chi connectivity index (χ2n) is 4.92. The van der Waals surface area contributed by atoms with Crippen LogP contribution in [0.3, 0.4) is 0 Å². The Balaban J connectivity index is 2.08. The number of carbonyl (C=O) groups is 3. The van der Waals surface area contributed by atoms with E-state index in [1.54, 1.807) is 4.90 Å². The molecule has 2 saturated heterocycles. The fourth-order valence-electron chi connectivity index (χ4n) is 2.38. The van der Waals surface area contributed by atoms with Crippen LogP contribution >= 0.6 is 0 Å². The topological polar surface area (TPSA) is 99.2 Å². The van der Waals surface area contributed by atoms with Crippen LogP contribution in [0.2, 0.25) is 0 Å². The quantitative estimate of drug-likeness (QED) is 0.685. The number of carbonyl (C=O) groups excluding carboxylic acids is 2. The maximum Gasteiger partial charge on any atom is 0.328 e. The van der Waals surface area contributed by atoms with Crippen molar-refractivity contribution in [2.75, 3.05) is 32.8 Å². The van der Waals surface area contributed by atoms with Gasteiger partial charge in [-0.2, -0.15) is 0 Å². The number of amides is 3. The Morgan fingerprint density at radius 1 is 1.50 bits per heavy atom. The van der Waals surface area contributed by atoms with E-state index in [0.717, 1.165) is 11.3 Å². The fraction of sp³-hybridized carbons (Fsp3) is 0.750. The van der Waals surface area contributed by atoms with Gasteiger partial charge in [-0.15, -0.1) is 0 Å². The van der Waals surface area contributed by atoms with Gasteiger partial charge in [0.2, 0.25) is 5.91 Å². The minimum atomic E-state index is -1.11. The summed E-state index contributed by atoms with van der Waals surface area (Å²) in [5.41, 5.74) is 0. The zero-order valence-corrected chi connectivity index (χ0v) is 11.4. The van der Waals surface area contributed by atoms with Crippen LogP contribution in [0.15, 0.2) is 0 Å². The van der Waals surface area contributed by atoms with E-state index in [0.29, 0.717) is 19.7 Å². The summed E-state index contributed by atoms with van der Waals surface area (Å²) in [6.07, 6.45) is 0.752. The van der Waals surface area contributed by atoms with Crippen LogP contribution in [0.4, 0.5) is 4.79 Å². The number of aliphatic carboxylic acids is 1. The zero-order valence-electron chi connectivity index (χ0n) is 11.4. The van der Waals surface area contributed by atoms with Crippen LogP contribution in [0.5, 0.6) is 0 Å². The predicted octanol–water partition coefficient (Wildman–Crippen LogP) is -0.898. The lowest BCUT2D eigenvalue weighted by Gasteiger charge is -2.39. The van der Waals surface area contributed by atoms with Gasteiger partial charge < -0.3 is 20.1 Å². The molecule has 2 rings (SSSR count). The van der Waals surface area contributed by atoms with Gasteiger partial charge >= 0.3 is 12.0 Å². The van der Waals surface area contributed by atoms with E-state index >= 15 is 0 Å². The van der Waals surface area contributed by atoms with Gasteiger partial charge in [0.05, 0.1) is 12.7 Å². The molecule has 0 saturated carbocycles. The number of nitrogens with zero attached hydrogens (tertiary/aromatic N) is 2. The largest absolute Gasteiger partial charge is 0.480 e. The number of carboxylic acids is 1. The molecule has 0 aromatic heterocycles. The molecule has 0 spiro atoms. The van der Waals surface area contributed by atoms with Crippen LogP contribution in [0, 0.1) is 0 Å². The third-order valence-corrected chi connectivity index (χ3v) is 3.58. The SMILES string of the molecule is CCC1CN(C(=O)N2CC(=O)NCC2C(=O)O)CCO1. The number of nitrogens with one attached hydrogen (secondary N) is 1. The molecule has 2 N–H and O–H groups in total. The summed E-state index contributed by atoms with van der Waals surface area (Å²) in [4.78, 5) is 37.7. The first-order valence-corrected chi connectivity index (χ1v) is 6.69. The molecule has 2 fully saturated rings. The van der Waals surface area contributed by atoms with Gasteiger partial charge in [-0.25, -0.2) is 9.59 Å². The number of urea groups is 1. The van der Waals surface area contributed by atoms with E-state index in [-0.39, 0.29) is 25.1 Å². The number of carboxylic acid groups (broad SMARTS) is 1. The number of hydrogen-bond acceptors (Lipinski definition) is 4. The summed E-state index contributed by atoms with van der Waals surface area (Å²) in [7, 11) is 0. The molecule has 0 radical (unpaired) electrons. The highest BCUT2D eigenvalue weighted by Crippen LogP contribution is 2.14. The molecule has 8 nitrogen and oxygen atoms in total. The molecule has 2 aliphatic heterocycles. The maximum atomic E-state index is 12.4. The summed E-state index contributed by atoms with van der Waals surface area (Å²) in [6.45, 7) is 2.97. The van der Waals surface area contributed by atoms with E-state index in [4.69, 9.17) is 9.84 Å². The van der Waals surface area contributed by atoms with Crippen molar-refractivity contribution in [3.05, 3.63) is 0 Å². The Kier molecular flexibility index (Phi) is 4.43. The van der Waals surface area contributed by atoms with Crippen molar-refractivity contribution in [1.29, 1.82) is 0 Å². The number of piperazine rings is 1. The van der Waals surface area contributed by atoms with Crippen LogP contribution in [-0.4, -0.2) is 77.7 Å². The Morgan fingerprint density at radius 2 is 2.25 bits per heavy atom. The van der Waals surface area contributed by atoms with Crippen molar-refractivity contribution >= 4 is 17.9 Å². The maximum absolute atomic E-state index is 12.4. The summed E-state index contributed by atoms with van der Waals surface area (Å²) < 4.78 is 5.48. The Bertz CT molecular complexity index is 414. The van der Waals surface area contributed by atoms with Gasteiger partial charge in [-0.1, -0.05) is 6.92 Å². The first-order chi connectivity index (χ1) is 9.52. The van der Waals surface area contributed by atoms with Gasteiger partial charge in [0.15, 0.2) is 0 Å². The van der Waals surface area contributed by atoms with Crippen LogP contribution < -0.4 is 5.32 Å². The Morgan fingerprint density at radius 3 is 2.90 bits per heavy atom. The molecule has 112 valence electrons. The Hall–Kier alpha value is -1.83. The van der Waals surface area contributed by atoms with Gasteiger partial charge in [-0.05, 0) is 6.42 Å². The van der Waals surface area contributed by atoms with Crippen molar-refractivity contribution in [2.24, 2.45) is 0 Å². The normalized spacial score (nSPS) is 27.1. The second kappa shape index (κ2) is 6.08. The second-order valence-corrected chi connectivity index (χ2v) is 4.92. The van der Waals surface area contributed by atoms with Crippen molar-refractivity contribution in [3.8, 4) is 0 Å². The van der Waals surface area contributed by atoms with Crippen molar-refractivity contribution in [2.45, 2.75) is 25.5 Å². The minimum Gasteiger partial charge on any atom is -0.480 e. The van der Waals surface area contributed by atoms with Crippen LogP contribution in [0.1, 0.15) is 13.3 Å². The van der Waals surface area contributed by atoms with Crippen LogP contribution in [-0.2, 0) is 14.3 Å². The summed E-state index contributed by atoms with van der Waals surface area (Å²) in [5, 5.41) is 11.6.